The molecule has 0 atom stereocenters. The molecular weight excluding hydrogens is 352 g/mol. The van der Waals surface area contributed by atoms with Gasteiger partial charge in [-0.15, -0.1) is 0 Å². The van der Waals surface area contributed by atoms with Crippen LogP contribution in [0.1, 0.15) is 11.4 Å². The number of aromatic nitrogens is 1. The number of aliphatic imine (C=N–C) groups is 1. The fourth-order valence-electron chi connectivity index (χ4n) is 2.44. The first-order valence-corrected chi connectivity index (χ1v) is 8.10. The molecular formula is C19H17BrN2O. The summed E-state index contributed by atoms with van der Waals surface area (Å²) < 4.78 is 8.37. The largest absolute Gasteiger partial charge is 0.497 e. The average molecular weight is 369 g/mol. The van der Waals surface area contributed by atoms with E-state index in [1.54, 1.807) is 7.11 Å². The molecule has 3 aromatic rings. The monoisotopic (exact) mass is 368 g/mol. The zero-order valence-electron chi connectivity index (χ0n) is 13.0. The third-order valence-corrected chi connectivity index (χ3v) is 4.30. The Labute approximate surface area is 144 Å². The fourth-order valence-corrected chi connectivity index (χ4v) is 2.82. The van der Waals surface area contributed by atoms with Gasteiger partial charge in [-0.05, 0) is 71.4 Å². The van der Waals surface area contributed by atoms with Crippen LogP contribution in [-0.4, -0.2) is 17.9 Å². The zero-order valence-corrected chi connectivity index (χ0v) is 14.6. The molecule has 0 aliphatic rings. The number of methoxy groups -OCH3 is 1. The van der Waals surface area contributed by atoms with Crippen LogP contribution in [0.5, 0.6) is 5.75 Å². The minimum absolute atomic E-state index is 0.849. The second-order valence-electron chi connectivity index (χ2n) is 5.14. The highest BCUT2D eigenvalue weighted by Gasteiger charge is 2.06. The maximum absolute atomic E-state index is 5.22. The van der Waals surface area contributed by atoms with Crippen molar-refractivity contribution in [3.8, 4) is 11.4 Å². The summed E-state index contributed by atoms with van der Waals surface area (Å²) in [6.07, 6.45) is 1.89. The van der Waals surface area contributed by atoms with Gasteiger partial charge in [0.1, 0.15) is 5.75 Å². The lowest BCUT2D eigenvalue weighted by molar-refractivity contribution is 0.414. The van der Waals surface area contributed by atoms with Crippen LogP contribution in [0, 0.1) is 6.92 Å². The van der Waals surface area contributed by atoms with Crippen molar-refractivity contribution >= 4 is 27.8 Å². The van der Waals surface area contributed by atoms with Gasteiger partial charge in [-0.1, -0.05) is 12.1 Å². The predicted octanol–water partition coefficient (Wildman–Crippen LogP) is 5.31. The van der Waals surface area contributed by atoms with Crippen LogP contribution in [-0.2, 0) is 0 Å². The van der Waals surface area contributed by atoms with E-state index in [9.17, 15) is 0 Å². The summed E-state index contributed by atoms with van der Waals surface area (Å²) >= 11 is 3.52. The van der Waals surface area contributed by atoms with Crippen molar-refractivity contribution in [2.45, 2.75) is 6.92 Å². The number of rotatable bonds is 4. The Kier molecular flexibility index (Phi) is 4.63. The number of benzene rings is 2. The van der Waals surface area contributed by atoms with E-state index in [0.29, 0.717) is 0 Å². The standard InChI is InChI=1S/C19H17BrN2O/c1-14-7-8-16(13-21-19-6-4-3-5-18(19)20)22(14)15-9-11-17(23-2)12-10-15/h3-13H,1-2H3. The highest BCUT2D eigenvalue weighted by molar-refractivity contribution is 9.10. The second kappa shape index (κ2) is 6.84. The molecule has 23 heavy (non-hydrogen) atoms. The Bertz CT molecular complexity index is 835. The van der Waals surface area contributed by atoms with Gasteiger partial charge in [-0.25, -0.2) is 0 Å². The van der Waals surface area contributed by atoms with Crippen molar-refractivity contribution in [1.29, 1.82) is 0 Å². The molecule has 0 radical (unpaired) electrons. The average Bonchev–Trinajstić information content (AvgIpc) is 2.95. The van der Waals surface area contributed by atoms with Gasteiger partial charge in [0.15, 0.2) is 0 Å². The molecule has 4 heteroatoms. The van der Waals surface area contributed by atoms with Gasteiger partial charge in [0.2, 0.25) is 0 Å². The molecule has 0 saturated carbocycles. The molecule has 1 aromatic heterocycles. The molecule has 2 aromatic carbocycles. The molecule has 0 spiro atoms. The number of hydrogen-bond acceptors (Lipinski definition) is 2. The van der Waals surface area contributed by atoms with E-state index in [2.05, 4.69) is 44.5 Å². The van der Waals surface area contributed by atoms with Gasteiger partial charge >= 0.3 is 0 Å². The summed E-state index contributed by atoms with van der Waals surface area (Å²) in [7, 11) is 1.67. The second-order valence-corrected chi connectivity index (χ2v) is 6.00. The minimum atomic E-state index is 0.849. The molecule has 116 valence electrons. The maximum atomic E-state index is 5.22. The molecule has 1 heterocycles. The summed E-state index contributed by atoms with van der Waals surface area (Å²) in [4.78, 5) is 4.59. The van der Waals surface area contributed by atoms with E-state index in [-0.39, 0.29) is 0 Å². The first-order valence-electron chi connectivity index (χ1n) is 7.30. The fraction of sp³-hybridized carbons (Fsp3) is 0.105. The van der Waals surface area contributed by atoms with E-state index in [1.807, 2.05) is 54.7 Å². The number of nitrogens with zero attached hydrogens (tertiary/aromatic N) is 2. The normalized spacial score (nSPS) is 11.1. The SMILES string of the molecule is COc1ccc(-n2c(C)ccc2C=Nc2ccccc2Br)cc1. The summed E-state index contributed by atoms with van der Waals surface area (Å²) in [5, 5.41) is 0. The van der Waals surface area contributed by atoms with Crippen molar-refractivity contribution in [1.82, 2.24) is 4.57 Å². The van der Waals surface area contributed by atoms with Crippen molar-refractivity contribution in [3.05, 3.63) is 76.5 Å². The van der Waals surface area contributed by atoms with Gasteiger partial charge in [-0.2, -0.15) is 0 Å². The first kappa shape index (κ1) is 15.6. The predicted molar refractivity (Wildman–Crippen MR) is 98.5 cm³/mol. The third kappa shape index (κ3) is 3.37. The Morgan fingerprint density at radius 2 is 1.74 bits per heavy atom. The van der Waals surface area contributed by atoms with Gasteiger partial charge in [-0.3, -0.25) is 4.99 Å². The molecule has 0 aliphatic carbocycles. The molecule has 0 saturated heterocycles. The first-order chi connectivity index (χ1) is 11.2. The van der Waals surface area contributed by atoms with E-state index < -0.39 is 0 Å². The van der Waals surface area contributed by atoms with Crippen molar-refractivity contribution in [2.75, 3.05) is 7.11 Å². The molecule has 0 unspecified atom stereocenters. The smallest absolute Gasteiger partial charge is 0.119 e. The Morgan fingerprint density at radius 1 is 1.00 bits per heavy atom. The van der Waals surface area contributed by atoms with Gasteiger partial charge in [0, 0.05) is 15.9 Å². The van der Waals surface area contributed by atoms with E-state index in [4.69, 9.17) is 4.74 Å². The highest BCUT2D eigenvalue weighted by atomic mass is 79.9. The van der Waals surface area contributed by atoms with Crippen LogP contribution >= 0.6 is 15.9 Å². The van der Waals surface area contributed by atoms with Crippen molar-refractivity contribution in [2.24, 2.45) is 4.99 Å². The zero-order chi connectivity index (χ0) is 16.2. The van der Waals surface area contributed by atoms with Crippen LogP contribution < -0.4 is 4.74 Å². The molecule has 3 rings (SSSR count). The Morgan fingerprint density at radius 3 is 2.43 bits per heavy atom. The molecule has 0 N–H and O–H groups in total. The number of ether oxygens (including phenoxy) is 1. The highest BCUT2D eigenvalue weighted by Crippen LogP contribution is 2.25. The van der Waals surface area contributed by atoms with Crippen LogP contribution in [0.4, 0.5) is 5.69 Å². The number of halogens is 1. The Balaban J connectivity index is 1.97. The quantitative estimate of drug-likeness (QED) is 0.573. The third-order valence-electron chi connectivity index (χ3n) is 3.63. The topological polar surface area (TPSA) is 26.5 Å². The minimum Gasteiger partial charge on any atom is -0.497 e. The summed E-state index contributed by atoms with van der Waals surface area (Å²) in [5.74, 6) is 0.849. The summed E-state index contributed by atoms with van der Waals surface area (Å²) in [5.41, 5.74) is 4.18. The van der Waals surface area contributed by atoms with E-state index in [1.165, 1.54) is 0 Å². The van der Waals surface area contributed by atoms with E-state index >= 15 is 0 Å². The summed E-state index contributed by atoms with van der Waals surface area (Å²) in [6.45, 7) is 2.08. The van der Waals surface area contributed by atoms with Crippen molar-refractivity contribution in [3.63, 3.8) is 0 Å². The lowest BCUT2D eigenvalue weighted by Crippen LogP contribution is -2.01. The molecule has 3 nitrogen and oxygen atoms in total. The van der Waals surface area contributed by atoms with Crippen LogP contribution in [0.2, 0.25) is 0 Å². The summed E-state index contributed by atoms with van der Waals surface area (Å²) in [6, 6.07) is 20.1. The molecule has 0 fully saturated rings. The van der Waals surface area contributed by atoms with Gasteiger partial charge in [0.25, 0.3) is 0 Å². The van der Waals surface area contributed by atoms with E-state index in [0.717, 1.165) is 33.0 Å². The van der Waals surface area contributed by atoms with Crippen LogP contribution in [0.25, 0.3) is 5.69 Å². The number of hydrogen-bond donors (Lipinski definition) is 0. The lowest BCUT2D eigenvalue weighted by atomic mass is 10.3. The maximum Gasteiger partial charge on any atom is 0.119 e. The van der Waals surface area contributed by atoms with Crippen LogP contribution in [0.3, 0.4) is 0 Å². The molecule has 0 aliphatic heterocycles. The molecule has 0 amide bonds. The van der Waals surface area contributed by atoms with Gasteiger partial charge in [0.05, 0.1) is 24.7 Å². The van der Waals surface area contributed by atoms with Crippen LogP contribution in [0.15, 0.2) is 70.1 Å². The van der Waals surface area contributed by atoms with Crippen molar-refractivity contribution < 1.29 is 4.74 Å². The Hall–Kier alpha value is -2.33. The number of para-hydroxylation sites is 1. The van der Waals surface area contributed by atoms with Gasteiger partial charge < -0.3 is 9.30 Å². The number of aryl methyl sites for hydroxylation is 1. The lowest BCUT2D eigenvalue weighted by Gasteiger charge is -2.10. The molecule has 0 bridgehead atoms.